The molecular formula is C9H10O5. The normalized spacial score (nSPS) is 8.64. The maximum absolute atomic E-state index is 10.9. The molecule has 5 heteroatoms. The first-order valence-corrected chi connectivity index (χ1v) is 3.51. The number of carboxylic acids is 1. The molecule has 0 unspecified atom stereocenters. The number of ether oxygens (including phenoxy) is 2. The van der Waals surface area contributed by atoms with E-state index in [0.717, 1.165) is 0 Å². The molecule has 76 valence electrons. The molecule has 0 saturated carbocycles. The van der Waals surface area contributed by atoms with Crippen LogP contribution in [0.25, 0.3) is 0 Å². The van der Waals surface area contributed by atoms with Gasteiger partial charge in [-0.25, -0.2) is 9.59 Å². The third-order valence-electron chi connectivity index (χ3n) is 1.03. The Morgan fingerprint density at radius 2 is 1.64 bits per heavy atom. The molecule has 0 rings (SSSR count). The summed E-state index contributed by atoms with van der Waals surface area (Å²) in [4.78, 5) is 21.1. The zero-order chi connectivity index (χ0) is 11.3. The van der Waals surface area contributed by atoms with Gasteiger partial charge in [0.25, 0.3) is 5.95 Å². The van der Waals surface area contributed by atoms with Crippen molar-refractivity contribution in [3.8, 4) is 0 Å². The minimum Gasteiger partial charge on any atom is -0.475 e. The number of rotatable bonds is 5. The number of hydrogen-bond donors (Lipinski definition) is 1. The molecule has 0 atom stereocenters. The van der Waals surface area contributed by atoms with Crippen molar-refractivity contribution >= 4 is 11.9 Å². The summed E-state index contributed by atoms with van der Waals surface area (Å²) in [5, 5.41) is 8.35. The van der Waals surface area contributed by atoms with Crippen LogP contribution in [0.2, 0.25) is 0 Å². The van der Waals surface area contributed by atoms with Crippen LogP contribution in [0, 0.1) is 0 Å². The first-order chi connectivity index (χ1) is 6.34. The Morgan fingerprint density at radius 1 is 1.14 bits per heavy atom. The summed E-state index contributed by atoms with van der Waals surface area (Å²) in [5.41, 5.74) is 0.149. The Kier molecular flexibility index (Phi) is 4.15. The Labute approximate surface area is 80.9 Å². The quantitative estimate of drug-likeness (QED) is 0.408. The molecule has 0 aliphatic carbocycles. The second kappa shape index (κ2) is 4.86. The average Bonchev–Trinajstić information content (AvgIpc) is 2.03. The third kappa shape index (κ3) is 4.10. The van der Waals surface area contributed by atoms with E-state index < -0.39 is 23.6 Å². The van der Waals surface area contributed by atoms with E-state index in [0.29, 0.717) is 0 Å². The summed E-state index contributed by atoms with van der Waals surface area (Å²) in [5.74, 6) is -3.14. The topological polar surface area (TPSA) is 72.8 Å². The van der Waals surface area contributed by atoms with Gasteiger partial charge in [0, 0.05) is 5.57 Å². The van der Waals surface area contributed by atoms with Gasteiger partial charge in [-0.2, -0.15) is 0 Å². The lowest BCUT2D eigenvalue weighted by Crippen LogP contribution is -2.09. The highest BCUT2D eigenvalue weighted by Gasteiger charge is 2.11. The van der Waals surface area contributed by atoms with Gasteiger partial charge in [0.05, 0.1) is 0 Å². The highest BCUT2D eigenvalue weighted by atomic mass is 16.7. The van der Waals surface area contributed by atoms with E-state index >= 15 is 0 Å². The second-order valence-corrected chi connectivity index (χ2v) is 2.37. The maximum Gasteiger partial charge on any atom is 0.371 e. The van der Waals surface area contributed by atoms with Crippen molar-refractivity contribution in [3.05, 3.63) is 37.0 Å². The molecular weight excluding hydrogens is 188 g/mol. The van der Waals surface area contributed by atoms with Crippen LogP contribution >= 0.6 is 0 Å². The predicted octanol–water partition coefficient (Wildman–Crippen LogP) is 1.19. The van der Waals surface area contributed by atoms with Crippen molar-refractivity contribution in [2.45, 2.75) is 6.92 Å². The van der Waals surface area contributed by atoms with Crippen LogP contribution in [0.4, 0.5) is 0 Å². The monoisotopic (exact) mass is 198 g/mol. The Morgan fingerprint density at radius 3 is 2.00 bits per heavy atom. The summed E-state index contributed by atoms with van der Waals surface area (Å²) in [6, 6.07) is 0. The Bertz CT molecular complexity index is 283. The van der Waals surface area contributed by atoms with Gasteiger partial charge in [-0.05, 0) is 20.1 Å². The van der Waals surface area contributed by atoms with Crippen LogP contribution in [0.15, 0.2) is 37.0 Å². The number of hydrogen-bond acceptors (Lipinski definition) is 4. The van der Waals surface area contributed by atoms with Crippen LogP contribution in [0.5, 0.6) is 0 Å². The SMILES string of the molecule is C=C(OC(=C)C(=O)O)OC(=O)C(=C)C. The second-order valence-electron chi connectivity index (χ2n) is 2.37. The van der Waals surface area contributed by atoms with Crippen molar-refractivity contribution < 1.29 is 24.2 Å². The van der Waals surface area contributed by atoms with Gasteiger partial charge in [-0.15, -0.1) is 0 Å². The highest BCUT2D eigenvalue weighted by molar-refractivity contribution is 5.87. The Balaban J connectivity index is 4.12. The molecule has 14 heavy (non-hydrogen) atoms. The van der Waals surface area contributed by atoms with Crippen molar-refractivity contribution in [2.24, 2.45) is 0 Å². The molecule has 0 aliphatic rings. The van der Waals surface area contributed by atoms with Gasteiger partial charge in [0.15, 0.2) is 0 Å². The van der Waals surface area contributed by atoms with E-state index in [1.165, 1.54) is 6.92 Å². The molecule has 0 fully saturated rings. The molecule has 0 aromatic carbocycles. The van der Waals surface area contributed by atoms with Crippen LogP contribution in [-0.4, -0.2) is 17.0 Å². The third-order valence-corrected chi connectivity index (χ3v) is 1.03. The van der Waals surface area contributed by atoms with Gasteiger partial charge in [0.1, 0.15) is 0 Å². The number of aliphatic carboxylic acids is 1. The van der Waals surface area contributed by atoms with Gasteiger partial charge >= 0.3 is 11.9 Å². The molecule has 1 N–H and O–H groups in total. The fraction of sp³-hybridized carbons (Fsp3) is 0.111. The zero-order valence-electron chi connectivity index (χ0n) is 7.70. The van der Waals surface area contributed by atoms with Crippen molar-refractivity contribution in [3.63, 3.8) is 0 Å². The zero-order valence-corrected chi connectivity index (χ0v) is 7.70. The molecule has 0 amide bonds. The lowest BCUT2D eigenvalue weighted by molar-refractivity contribution is -0.143. The molecule has 5 nitrogen and oxygen atoms in total. The van der Waals surface area contributed by atoms with Crippen LogP contribution in [0.1, 0.15) is 6.92 Å². The summed E-state index contributed by atoms with van der Waals surface area (Å²) in [7, 11) is 0. The van der Waals surface area contributed by atoms with Gasteiger partial charge in [-0.1, -0.05) is 6.58 Å². The van der Waals surface area contributed by atoms with Crippen LogP contribution < -0.4 is 0 Å². The number of esters is 1. The van der Waals surface area contributed by atoms with E-state index in [1.807, 2.05) is 0 Å². The maximum atomic E-state index is 10.9. The van der Waals surface area contributed by atoms with E-state index in [9.17, 15) is 9.59 Å². The fourth-order valence-corrected chi connectivity index (χ4v) is 0.392. The molecule has 0 bridgehead atoms. The molecule has 0 aliphatic heterocycles. The van der Waals surface area contributed by atoms with Gasteiger partial charge in [-0.3, -0.25) is 0 Å². The lowest BCUT2D eigenvalue weighted by Gasteiger charge is -2.07. The molecule has 0 heterocycles. The molecule has 0 saturated heterocycles. The smallest absolute Gasteiger partial charge is 0.371 e. The van der Waals surface area contributed by atoms with Crippen LogP contribution in [-0.2, 0) is 19.1 Å². The van der Waals surface area contributed by atoms with E-state index in [1.54, 1.807) is 0 Å². The van der Waals surface area contributed by atoms with Crippen molar-refractivity contribution in [1.29, 1.82) is 0 Å². The largest absolute Gasteiger partial charge is 0.475 e. The minimum absolute atomic E-state index is 0.149. The Hall–Kier alpha value is -2.04. The fourth-order valence-electron chi connectivity index (χ4n) is 0.392. The first kappa shape index (κ1) is 12.0. The minimum atomic E-state index is -1.36. The predicted molar refractivity (Wildman–Crippen MR) is 47.9 cm³/mol. The van der Waals surface area contributed by atoms with Gasteiger partial charge in [0.2, 0.25) is 5.76 Å². The van der Waals surface area contributed by atoms with E-state index in [2.05, 4.69) is 29.2 Å². The molecule has 0 aromatic rings. The van der Waals surface area contributed by atoms with Crippen molar-refractivity contribution in [1.82, 2.24) is 0 Å². The summed E-state index contributed by atoms with van der Waals surface area (Å²) in [6.45, 7) is 11.0. The average molecular weight is 198 g/mol. The van der Waals surface area contributed by atoms with Crippen molar-refractivity contribution in [2.75, 3.05) is 0 Å². The highest BCUT2D eigenvalue weighted by Crippen LogP contribution is 2.06. The molecule has 0 aromatic heterocycles. The molecule has 0 radical (unpaired) electrons. The van der Waals surface area contributed by atoms with Crippen LogP contribution in [0.3, 0.4) is 0 Å². The summed E-state index contributed by atoms with van der Waals surface area (Å²) >= 11 is 0. The standard InChI is InChI=1S/C9H10O5/c1-5(2)9(12)14-7(4)13-6(3)8(10)11/h1,3-4H2,2H3,(H,10,11). The van der Waals surface area contributed by atoms with E-state index in [4.69, 9.17) is 5.11 Å². The van der Waals surface area contributed by atoms with E-state index in [-0.39, 0.29) is 5.57 Å². The number of carbonyl (C=O) groups excluding carboxylic acids is 1. The summed E-state index contributed by atoms with van der Waals surface area (Å²) in [6.07, 6.45) is 0. The molecule has 0 spiro atoms. The lowest BCUT2D eigenvalue weighted by atomic mass is 10.4. The first-order valence-electron chi connectivity index (χ1n) is 3.51. The number of carbonyl (C=O) groups is 2. The van der Waals surface area contributed by atoms with Gasteiger partial charge < -0.3 is 14.6 Å². The summed E-state index contributed by atoms with van der Waals surface area (Å²) < 4.78 is 8.91. The number of carboxylic acid groups (broad SMARTS) is 1.